The van der Waals surface area contributed by atoms with E-state index in [1.54, 1.807) is 112 Å². The van der Waals surface area contributed by atoms with Crippen LogP contribution >= 0.6 is 15.9 Å². The predicted octanol–water partition coefficient (Wildman–Crippen LogP) is 19.9. The number of hydrogen-bond acceptors (Lipinski definition) is 21. The van der Waals surface area contributed by atoms with Gasteiger partial charge in [-0.1, -0.05) is 28.1 Å². The van der Waals surface area contributed by atoms with Crippen molar-refractivity contribution in [1.82, 2.24) is 15.0 Å². The number of ether oxygens (including phenoxy) is 6. The number of carbonyl (C=O) groups is 2. The van der Waals surface area contributed by atoms with E-state index in [4.69, 9.17) is 191 Å². The van der Waals surface area contributed by atoms with E-state index in [-0.39, 0.29) is 24.6 Å². The molecule has 0 radical (unpaired) electrons. The second kappa shape index (κ2) is 28.4. The molecule has 8 rings (SSSR count). The SMILES string of the molecule is COCCNc1ccc(C#N)c(Oc2ccc(B3OC(C)(C)C(C)(C)O3)c(C=O)c2)n1.COCCNc1ccc(C#N)c(Oc2ccc(Br)c(C=O)c2)n1.COCCNc1ccc(C#N)c(Oc2ccc3c(c2)COB3O)n1.[2HH].[2H][2H].[2H][2H].[2H][2H].[2H][2H].[2H][2H].[2H][2H].[2H][2H].[2H][2H].[2H][2H].[2H][2H].[2H][2H].[2H][2H].[2H][2H].[2H][2H].[2H][2H].[2H][2H].[2H][2H].[2H][2H].[2H][2H].[2H][2H].[2H][2H].[2H][2H].[2H][2H].[2H][2H].[2H][2H].[2H][2H].[2H][2H].[2H][2H].[2H][2H].[2H][2H].[2H][2H].[2H][2H].[2H][2H].[2H][2H].[2H][2H].[2H][2H].[2H][2H].[2H][2H].[2H][2H].[2H][2H].[2H][2H].[2H][2H].[2H][2H].[2H][2H].[2H][2H].[2H][2H].[2H][2H].[2H][2H].[2H][2H].[2H][2H]. The zero-order chi connectivity index (χ0) is 156. The van der Waals surface area contributed by atoms with E-state index in [0.29, 0.717) is 113 Å². The highest BCUT2D eigenvalue weighted by molar-refractivity contribution is 9.10. The summed E-state index contributed by atoms with van der Waals surface area (Å²) in [5.74, 6) is 3.59. The van der Waals surface area contributed by atoms with Gasteiger partial charge >= 0.3 is 14.2 Å². The zero-order valence-corrected chi connectivity index (χ0v) is 45.5. The molecule has 3 aromatic heterocycles. The number of nitrogens with zero attached hydrogens (tertiary/aromatic N) is 6. The Morgan fingerprint density at radius 1 is 0.628 bits per heavy atom. The molecule has 0 amide bonds. The van der Waals surface area contributed by atoms with Crippen molar-refractivity contribution in [1.29, 1.82) is 15.8 Å². The molecule has 24 heteroatoms. The molecular formula is C54H158B2BrN9O12. The van der Waals surface area contributed by atoms with Gasteiger partial charge in [0.2, 0.25) is 17.6 Å². The van der Waals surface area contributed by atoms with Crippen LogP contribution in [0.15, 0.2) is 95.5 Å². The number of fused-ring (bicyclic) bond motifs is 1. The van der Waals surface area contributed by atoms with Crippen molar-refractivity contribution in [3.8, 4) is 53.1 Å². The van der Waals surface area contributed by atoms with Crippen molar-refractivity contribution in [3.05, 3.63) is 129 Å². The maximum atomic E-state index is 11.8. The lowest BCUT2D eigenvalue weighted by atomic mass is 9.76. The van der Waals surface area contributed by atoms with E-state index in [9.17, 15) is 30.4 Å². The lowest BCUT2D eigenvalue weighted by Gasteiger charge is -2.32. The minimum atomic E-state index is -0.893. The summed E-state index contributed by atoms with van der Waals surface area (Å²) in [4.78, 5) is 35.7. The van der Waals surface area contributed by atoms with Gasteiger partial charge in [-0.3, -0.25) is 9.59 Å². The molecule has 1 fully saturated rings. The fourth-order valence-corrected chi connectivity index (χ4v) is 7.47. The summed E-state index contributed by atoms with van der Waals surface area (Å²) in [6.45, 7) is 11.5. The molecule has 2 aliphatic heterocycles. The van der Waals surface area contributed by atoms with Crippen molar-refractivity contribution in [2.45, 2.75) is 45.5 Å². The second-order valence-electron chi connectivity index (χ2n) is 17.9. The van der Waals surface area contributed by atoms with E-state index in [2.05, 4.69) is 59.0 Å². The Morgan fingerprint density at radius 3 is 1.44 bits per heavy atom. The van der Waals surface area contributed by atoms with Gasteiger partial charge in [0.15, 0.2) is 6.29 Å². The van der Waals surface area contributed by atoms with E-state index in [1.807, 2.05) is 33.8 Å². The number of carbonyl (C=O) groups excluding carboxylic acids is 2. The first-order valence-corrected chi connectivity index (χ1v) is 25.0. The number of rotatable bonds is 21. The van der Waals surface area contributed by atoms with Crippen molar-refractivity contribution >= 4 is 71.1 Å². The fourth-order valence-electron chi connectivity index (χ4n) is 7.13. The highest BCUT2D eigenvalue weighted by Crippen LogP contribution is 2.37. The molecule has 0 unspecified atom stereocenters. The number of anilines is 3. The molecule has 2 aliphatic rings. The number of pyridine rings is 3. The van der Waals surface area contributed by atoms with Gasteiger partial charge < -0.3 is 63.4 Å². The van der Waals surface area contributed by atoms with Gasteiger partial charge in [0.05, 0.1) is 37.6 Å². The molecule has 1 saturated heterocycles. The van der Waals surface area contributed by atoms with Gasteiger partial charge in [0.1, 0.15) is 75.9 Å². The molecule has 0 atom stereocenters. The molecule has 0 aliphatic carbocycles. The van der Waals surface area contributed by atoms with Crippen molar-refractivity contribution < 1.29 is 207 Å². The minimum Gasteiger partial charge on any atom is -0.438 e. The predicted molar refractivity (Wildman–Crippen MR) is 402 cm³/mol. The fraction of sp³-hybridized carbons (Fsp3) is 0.296. The molecule has 6 aromatic rings. The Kier molecular flexibility index (Phi) is 7.79. The largest absolute Gasteiger partial charge is 0.495 e. The van der Waals surface area contributed by atoms with Crippen molar-refractivity contribution in [2.24, 2.45) is 0 Å². The van der Waals surface area contributed by atoms with Crippen LogP contribution in [0.25, 0.3) is 0 Å². The van der Waals surface area contributed by atoms with Gasteiger partial charge in [-0.05, 0) is 123 Å². The Balaban J connectivity index is -0.0000000250. The van der Waals surface area contributed by atoms with E-state index in [1.165, 1.54) is 0 Å². The number of methoxy groups -OCH3 is 3. The van der Waals surface area contributed by atoms with E-state index < -0.39 is 25.4 Å². The number of aromatic nitrogens is 3. The molecular weight excluding hydrogens is 1070 g/mol. The molecule has 21 nitrogen and oxygen atoms in total. The van der Waals surface area contributed by atoms with Crippen LogP contribution in [0.3, 0.4) is 0 Å². The van der Waals surface area contributed by atoms with Gasteiger partial charge in [-0.15, -0.1) is 0 Å². The molecule has 0 bridgehead atoms. The number of nitriles is 3. The van der Waals surface area contributed by atoms with E-state index in [0.717, 1.165) is 23.6 Å². The quantitative estimate of drug-likeness (QED) is 0.0296. The lowest BCUT2D eigenvalue weighted by Crippen LogP contribution is -2.41. The third-order valence-electron chi connectivity index (χ3n) is 12.0. The van der Waals surface area contributed by atoms with Crippen LogP contribution < -0.4 is 41.1 Å². The average molecular weight is 1330 g/mol. The summed E-state index contributed by atoms with van der Waals surface area (Å²) >= 11 is 3.27. The summed E-state index contributed by atoms with van der Waals surface area (Å²) in [5.41, 5.74) is 2.91. The normalized spacial score (nSPS) is 18.5. The highest BCUT2D eigenvalue weighted by Gasteiger charge is 2.52. The van der Waals surface area contributed by atoms with Gasteiger partial charge in [0, 0.05) is 206 Å². The number of hydrogen-bond donors (Lipinski definition) is 4. The Morgan fingerprint density at radius 2 is 1.03 bits per heavy atom. The van der Waals surface area contributed by atoms with Crippen LogP contribution in [-0.2, 0) is 34.8 Å². The number of aldehydes is 2. The van der Waals surface area contributed by atoms with Crippen LogP contribution in [0.4, 0.5) is 17.5 Å². The first-order chi connectivity index (χ1) is 87.6. The van der Waals surface area contributed by atoms with Crippen molar-refractivity contribution in [3.63, 3.8) is 0 Å². The average Bonchev–Trinajstić information content (AvgIpc) is 1.61. The number of nitrogens with one attached hydrogen (secondary N) is 3. The molecule has 504 valence electrons. The minimum absolute atomic E-state index is 0. The first kappa shape index (κ1) is 21.4. The van der Waals surface area contributed by atoms with Crippen LogP contribution in [0, 0.1) is 34.0 Å². The standard InChI is InChI=1S/C22H26BN3O5.C16H16BN3O4.C16H14BrN3O3.51H2/c1-21(2)22(3,4)31-23(30-21)18-8-7-17(12-16(18)14-27)29-20-15(13-24)6-9-19(26-20)25-10-11-28-5;1-22-7-6-19-15-5-2-11(9-18)16(20-15)24-13-3-4-14-12(8-13)10-23-17(14)21;1-22-7-6-19-15-5-2-11(9-18)16(20-15)23-13-3-4-14(17)12(8-13)10-21;;;;;;;;;;;;;;;;;;;;;;;;;;;;;;;;;;;;;;;;;;;;;;;;;;;/h6-9,12,14H,10-11H2,1-5H3,(H,25,26);2-5,8,21H,6-7,10H2,1H3,(H,19,20);2-5,8,10H,6-7H2,1H3,(H,19,20);51*1H/i;;;50*1+1D;1+1. The van der Waals surface area contributed by atoms with Gasteiger partial charge in [0.25, 0.3) is 0 Å². The Labute approximate surface area is 616 Å². The first-order valence-electron chi connectivity index (χ1n) is 74.2. The van der Waals surface area contributed by atoms with Gasteiger partial charge in [-0.2, -0.15) is 30.7 Å². The van der Waals surface area contributed by atoms with Crippen LogP contribution in [-0.4, -0.2) is 119 Å². The maximum Gasteiger partial charge on any atom is 0.495 e. The third-order valence-corrected chi connectivity index (χ3v) is 12.7. The molecule has 78 heavy (non-hydrogen) atoms. The van der Waals surface area contributed by atoms with Crippen LogP contribution in [0.1, 0.15) is 221 Å². The van der Waals surface area contributed by atoms with Gasteiger partial charge in [-0.25, -0.2) is 0 Å². The van der Waals surface area contributed by atoms with Crippen LogP contribution in [0.5, 0.6) is 34.9 Å². The van der Waals surface area contributed by atoms with Crippen LogP contribution in [0.2, 0.25) is 0 Å². The smallest absolute Gasteiger partial charge is 0.438 e. The Hall–Kier alpha value is -7.95. The molecule has 0 spiro atoms. The molecule has 4 N–H and O–H groups in total. The summed E-state index contributed by atoms with van der Waals surface area (Å²) in [7, 11) is 3.29. The molecule has 5 heterocycles. The van der Waals surface area contributed by atoms with Crippen molar-refractivity contribution in [2.75, 3.05) is 76.7 Å². The maximum absolute atomic E-state index is 11.8. The monoisotopic (exact) mass is 1330 g/mol. The van der Waals surface area contributed by atoms with E-state index >= 15 is 0 Å². The summed E-state index contributed by atoms with van der Waals surface area (Å²) in [6, 6.07) is 31.4. The third kappa shape index (κ3) is 15.8. The topological polar surface area (TPSA) is 284 Å². The summed E-state index contributed by atoms with van der Waals surface area (Å²) < 4.78 is 550. The lowest BCUT2D eigenvalue weighted by molar-refractivity contribution is 0.00578. The molecule has 0 saturated carbocycles. The molecule has 3 aromatic carbocycles. The zero-order valence-electron chi connectivity index (χ0n) is 144. The summed E-state index contributed by atoms with van der Waals surface area (Å²) in [5, 5.41) is 46.7. The number of benzene rings is 3. The summed E-state index contributed by atoms with van der Waals surface area (Å²) in [6.07, 6.45) is 1.45. The highest BCUT2D eigenvalue weighted by atomic mass is 79.9. The second-order valence-corrected chi connectivity index (χ2v) is 18.7. The number of halogens is 1. The Bertz CT molecular complexity index is 3350.